The highest BCUT2D eigenvalue weighted by atomic mass is 32.1. The monoisotopic (exact) mass is 257 g/mol. The van der Waals surface area contributed by atoms with E-state index in [1.54, 1.807) is 0 Å². The lowest BCUT2D eigenvalue weighted by atomic mass is 10.2. The first-order valence-electron chi connectivity index (χ1n) is 5.49. The first-order valence-corrected chi connectivity index (χ1v) is 6.37. The molecule has 0 saturated carbocycles. The van der Waals surface area contributed by atoms with Gasteiger partial charge < -0.3 is 10.3 Å². The van der Waals surface area contributed by atoms with Gasteiger partial charge in [-0.05, 0) is 17.9 Å². The van der Waals surface area contributed by atoms with Crippen molar-refractivity contribution in [1.29, 1.82) is 0 Å². The minimum absolute atomic E-state index is 0.476. The molecule has 5 heteroatoms. The summed E-state index contributed by atoms with van der Waals surface area (Å²) < 4.78 is 5.27. The van der Waals surface area contributed by atoms with Crippen molar-refractivity contribution < 1.29 is 4.52 Å². The molecule has 0 amide bonds. The highest BCUT2D eigenvalue weighted by Crippen LogP contribution is 2.34. The van der Waals surface area contributed by atoms with Crippen molar-refractivity contribution in [2.45, 2.75) is 6.92 Å². The molecule has 0 aliphatic carbocycles. The third-order valence-electron chi connectivity index (χ3n) is 2.68. The summed E-state index contributed by atoms with van der Waals surface area (Å²) in [5.41, 5.74) is 8.64. The van der Waals surface area contributed by atoms with Gasteiger partial charge in [-0.2, -0.15) is 4.98 Å². The van der Waals surface area contributed by atoms with Gasteiger partial charge in [0.2, 0.25) is 5.82 Å². The minimum Gasteiger partial charge on any atom is -0.397 e. The molecule has 1 aromatic carbocycles. The van der Waals surface area contributed by atoms with E-state index in [2.05, 4.69) is 10.1 Å². The van der Waals surface area contributed by atoms with Crippen LogP contribution in [-0.2, 0) is 0 Å². The van der Waals surface area contributed by atoms with Gasteiger partial charge in [0, 0.05) is 5.56 Å². The fraction of sp³-hybridized carbons (Fsp3) is 0.0769. The van der Waals surface area contributed by atoms with Gasteiger partial charge in [0.15, 0.2) is 0 Å². The molecule has 0 bridgehead atoms. The van der Waals surface area contributed by atoms with E-state index < -0.39 is 0 Å². The van der Waals surface area contributed by atoms with Crippen molar-refractivity contribution in [3.63, 3.8) is 0 Å². The number of nitrogens with two attached hydrogens (primary N) is 1. The fourth-order valence-electron chi connectivity index (χ4n) is 1.64. The molecule has 0 aliphatic rings. The first kappa shape index (κ1) is 11.0. The van der Waals surface area contributed by atoms with E-state index in [4.69, 9.17) is 10.3 Å². The van der Waals surface area contributed by atoms with Gasteiger partial charge >= 0.3 is 0 Å². The van der Waals surface area contributed by atoms with Gasteiger partial charge in [0.1, 0.15) is 4.88 Å². The summed E-state index contributed by atoms with van der Waals surface area (Å²) in [6, 6.07) is 9.71. The van der Waals surface area contributed by atoms with Crippen LogP contribution >= 0.6 is 11.3 Å². The number of aromatic nitrogens is 2. The number of hydrogen-bond acceptors (Lipinski definition) is 5. The van der Waals surface area contributed by atoms with Gasteiger partial charge in [-0.15, -0.1) is 11.3 Å². The SMILES string of the molecule is Cc1csc(-c2nc(-c3ccccc3)no2)c1N. The smallest absolute Gasteiger partial charge is 0.270 e. The zero-order valence-electron chi connectivity index (χ0n) is 9.75. The van der Waals surface area contributed by atoms with Crippen LogP contribution in [0.25, 0.3) is 22.2 Å². The van der Waals surface area contributed by atoms with Gasteiger partial charge in [0.25, 0.3) is 5.89 Å². The van der Waals surface area contributed by atoms with Crippen LogP contribution in [0.1, 0.15) is 5.56 Å². The van der Waals surface area contributed by atoms with Crippen LogP contribution in [0.15, 0.2) is 40.2 Å². The third-order valence-corrected chi connectivity index (χ3v) is 3.78. The molecular weight excluding hydrogens is 246 g/mol. The lowest BCUT2D eigenvalue weighted by molar-refractivity contribution is 0.433. The highest BCUT2D eigenvalue weighted by molar-refractivity contribution is 7.14. The molecule has 0 spiro atoms. The van der Waals surface area contributed by atoms with Gasteiger partial charge in [0.05, 0.1) is 5.69 Å². The van der Waals surface area contributed by atoms with E-state index in [9.17, 15) is 0 Å². The Bertz CT molecular complexity index is 673. The lowest BCUT2D eigenvalue weighted by Gasteiger charge is -1.92. The summed E-state index contributed by atoms with van der Waals surface area (Å²) in [4.78, 5) is 5.21. The van der Waals surface area contributed by atoms with Crippen molar-refractivity contribution in [3.05, 3.63) is 41.3 Å². The number of aryl methyl sites for hydroxylation is 1. The molecule has 0 atom stereocenters. The Balaban J connectivity index is 2.02. The number of rotatable bonds is 2. The number of anilines is 1. The molecule has 4 nitrogen and oxygen atoms in total. The van der Waals surface area contributed by atoms with Crippen molar-refractivity contribution in [1.82, 2.24) is 10.1 Å². The normalized spacial score (nSPS) is 10.7. The molecule has 0 unspecified atom stereocenters. The summed E-state index contributed by atoms with van der Waals surface area (Å²) in [5.74, 6) is 1.06. The van der Waals surface area contributed by atoms with Crippen molar-refractivity contribution in [3.8, 4) is 22.2 Å². The zero-order chi connectivity index (χ0) is 12.5. The second-order valence-corrected chi connectivity index (χ2v) is 4.83. The molecule has 18 heavy (non-hydrogen) atoms. The number of nitrogen functional groups attached to an aromatic ring is 1. The van der Waals surface area contributed by atoms with E-state index in [0.29, 0.717) is 17.4 Å². The average Bonchev–Trinajstić information content (AvgIpc) is 3.00. The summed E-state index contributed by atoms with van der Waals surface area (Å²) in [7, 11) is 0. The molecular formula is C13H11N3OS. The maximum absolute atomic E-state index is 5.97. The van der Waals surface area contributed by atoms with Gasteiger partial charge in [-0.3, -0.25) is 0 Å². The van der Waals surface area contributed by atoms with Crippen molar-refractivity contribution in [2.24, 2.45) is 0 Å². The predicted octanol–water partition coefficient (Wildman–Crippen LogP) is 3.36. The van der Waals surface area contributed by atoms with Crippen LogP contribution in [0, 0.1) is 6.92 Å². The Morgan fingerprint density at radius 3 is 2.67 bits per heavy atom. The fourth-order valence-corrected chi connectivity index (χ4v) is 2.53. The van der Waals surface area contributed by atoms with Crippen LogP contribution < -0.4 is 5.73 Å². The number of nitrogens with zero attached hydrogens (tertiary/aromatic N) is 2. The number of thiophene rings is 1. The molecule has 2 aromatic heterocycles. The van der Waals surface area contributed by atoms with Crippen molar-refractivity contribution in [2.75, 3.05) is 5.73 Å². The Kier molecular flexibility index (Phi) is 2.60. The molecule has 2 heterocycles. The van der Waals surface area contributed by atoms with Crippen LogP contribution in [0.4, 0.5) is 5.69 Å². The minimum atomic E-state index is 0.476. The largest absolute Gasteiger partial charge is 0.397 e. The van der Waals surface area contributed by atoms with E-state index in [-0.39, 0.29) is 0 Å². The molecule has 3 rings (SSSR count). The quantitative estimate of drug-likeness (QED) is 0.764. The molecule has 0 fully saturated rings. The van der Waals surface area contributed by atoms with E-state index in [1.807, 2.05) is 42.6 Å². The van der Waals surface area contributed by atoms with Crippen LogP contribution in [0.5, 0.6) is 0 Å². The topological polar surface area (TPSA) is 64.9 Å². The Morgan fingerprint density at radius 1 is 1.22 bits per heavy atom. The van der Waals surface area contributed by atoms with Crippen molar-refractivity contribution >= 4 is 17.0 Å². The van der Waals surface area contributed by atoms with Gasteiger partial charge in [-0.1, -0.05) is 35.5 Å². The van der Waals surface area contributed by atoms with E-state index >= 15 is 0 Å². The molecule has 2 N–H and O–H groups in total. The van der Waals surface area contributed by atoms with Gasteiger partial charge in [-0.25, -0.2) is 0 Å². The second-order valence-electron chi connectivity index (χ2n) is 3.95. The maximum atomic E-state index is 5.97. The number of hydrogen-bond donors (Lipinski definition) is 1. The average molecular weight is 257 g/mol. The zero-order valence-corrected chi connectivity index (χ0v) is 10.6. The van der Waals surface area contributed by atoms with E-state index in [1.165, 1.54) is 11.3 Å². The summed E-state index contributed by atoms with van der Waals surface area (Å²) in [6.45, 7) is 1.96. The molecule has 3 aromatic rings. The number of benzene rings is 1. The van der Waals surface area contributed by atoms with Crippen LogP contribution in [-0.4, -0.2) is 10.1 Å². The van der Waals surface area contributed by atoms with E-state index in [0.717, 1.165) is 16.0 Å². The Labute approximate surface area is 108 Å². The molecule has 0 aliphatic heterocycles. The second kappa shape index (κ2) is 4.27. The summed E-state index contributed by atoms with van der Waals surface area (Å²) in [5, 5.41) is 5.96. The maximum Gasteiger partial charge on any atom is 0.270 e. The Hall–Kier alpha value is -2.14. The van der Waals surface area contributed by atoms with Crippen LogP contribution in [0.2, 0.25) is 0 Å². The molecule has 0 saturated heterocycles. The highest BCUT2D eigenvalue weighted by Gasteiger charge is 2.15. The first-order chi connectivity index (χ1) is 8.75. The third kappa shape index (κ3) is 1.78. The predicted molar refractivity (Wildman–Crippen MR) is 72.2 cm³/mol. The van der Waals surface area contributed by atoms with Crippen LogP contribution in [0.3, 0.4) is 0 Å². The Morgan fingerprint density at radius 2 is 2.00 bits per heavy atom. The standard InChI is InChI=1S/C13H11N3OS/c1-8-7-18-11(10(8)14)13-15-12(16-17-13)9-5-3-2-4-6-9/h2-7H,14H2,1H3. The molecule has 0 radical (unpaired) electrons. The lowest BCUT2D eigenvalue weighted by Crippen LogP contribution is -1.87. The molecule has 90 valence electrons. The summed E-state index contributed by atoms with van der Waals surface area (Å²) in [6.07, 6.45) is 0. The summed E-state index contributed by atoms with van der Waals surface area (Å²) >= 11 is 1.52.